The summed E-state index contributed by atoms with van der Waals surface area (Å²) in [6.07, 6.45) is 0. The fraction of sp³-hybridized carbons (Fsp3) is 0.0588. The molecule has 0 unspecified atom stereocenters. The Hall–Kier alpha value is -2.37. The Balaban J connectivity index is 1.67. The summed E-state index contributed by atoms with van der Waals surface area (Å²) >= 11 is 11.7. The quantitative estimate of drug-likeness (QED) is 0.600. The summed E-state index contributed by atoms with van der Waals surface area (Å²) < 4.78 is 23.2. The largest absolute Gasteiger partial charge is 0.455 e. The van der Waals surface area contributed by atoms with Crippen molar-refractivity contribution >= 4 is 29.2 Å². The molecule has 0 amide bonds. The van der Waals surface area contributed by atoms with Crippen molar-refractivity contribution in [2.24, 2.45) is 0 Å². The number of hydrogen-bond donors (Lipinski definition) is 0. The lowest BCUT2D eigenvalue weighted by atomic mass is 10.1. The summed E-state index contributed by atoms with van der Waals surface area (Å²) in [4.78, 5) is 12.0. The molecule has 0 spiro atoms. The highest BCUT2D eigenvalue weighted by Gasteiger charge is 2.14. The predicted molar refractivity (Wildman–Crippen MR) is 87.5 cm³/mol. The third kappa shape index (κ3) is 3.75. The number of carbonyl (C=O) groups is 1. The molecule has 0 saturated heterocycles. The van der Waals surface area contributed by atoms with Crippen molar-refractivity contribution in [3.63, 3.8) is 0 Å². The number of halogens is 3. The fourth-order valence-corrected chi connectivity index (χ4v) is 2.49. The van der Waals surface area contributed by atoms with Gasteiger partial charge >= 0.3 is 5.97 Å². The molecule has 0 aliphatic heterocycles. The minimum Gasteiger partial charge on any atom is -0.455 e. The summed E-state index contributed by atoms with van der Waals surface area (Å²) in [5, 5.41) is 4.45. The molecule has 24 heavy (non-hydrogen) atoms. The van der Waals surface area contributed by atoms with E-state index in [1.165, 1.54) is 24.3 Å². The van der Waals surface area contributed by atoms with Crippen LogP contribution < -0.4 is 0 Å². The van der Waals surface area contributed by atoms with Gasteiger partial charge in [-0.25, -0.2) is 9.18 Å². The summed E-state index contributed by atoms with van der Waals surface area (Å²) in [5.41, 5.74) is 1.30. The van der Waals surface area contributed by atoms with E-state index in [0.717, 1.165) is 0 Å². The number of esters is 1. The van der Waals surface area contributed by atoms with Gasteiger partial charge in [0.15, 0.2) is 5.76 Å². The second kappa shape index (κ2) is 7.03. The molecule has 1 aromatic heterocycles. The average molecular weight is 366 g/mol. The minimum atomic E-state index is -0.594. The molecule has 0 saturated carbocycles. The number of nitrogens with zero attached hydrogens (tertiary/aromatic N) is 1. The van der Waals surface area contributed by atoms with Gasteiger partial charge in [0.1, 0.15) is 18.1 Å². The SMILES string of the molecule is O=C(OCc1cc(-c2ccc(F)cc2)on1)c1ccc(Cl)cc1Cl. The van der Waals surface area contributed by atoms with Gasteiger partial charge in [0.25, 0.3) is 0 Å². The average Bonchev–Trinajstić information content (AvgIpc) is 3.02. The maximum Gasteiger partial charge on any atom is 0.340 e. The Kier molecular flexibility index (Phi) is 4.83. The highest BCUT2D eigenvalue weighted by molar-refractivity contribution is 6.36. The van der Waals surface area contributed by atoms with E-state index in [-0.39, 0.29) is 23.0 Å². The van der Waals surface area contributed by atoms with E-state index >= 15 is 0 Å². The van der Waals surface area contributed by atoms with Crippen molar-refractivity contribution in [2.45, 2.75) is 6.61 Å². The van der Waals surface area contributed by atoms with Crippen LogP contribution in [0, 0.1) is 5.82 Å². The Labute approximate surface area is 146 Å². The van der Waals surface area contributed by atoms with Crippen LogP contribution in [-0.2, 0) is 11.3 Å². The van der Waals surface area contributed by atoms with Crippen LogP contribution in [-0.4, -0.2) is 11.1 Å². The fourth-order valence-electron chi connectivity index (χ4n) is 2.00. The number of benzene rings is 2. The summed E-state index contributed by atoms with van der Waals surface area (Å²) in [7, 11) is 0. The third-order valence-electron chi connectivity index (χ3n) is 3.19. The van der Waals surface area contributed by atoms with E-state index in [4.69, 9.17) is 32.5 Å². The molecule has 0 bridgehead atoms. The summed E-state index contributed by atoms with van der Waals surface area (Å²) in [5.74, 6) is -0.485. The van der Waals surface area contributed by atoms with Crippen LogP contribution in [0.5, 0.6) is 0 Å². The Morgan fingerprint density at radius 1 is 1.12 bits per heavy atom. The molecular weight excluding hydrogens is 356 g/mol. The molecule has 2 aromatic carbocycles. The molecule has 1 heterocycles. The zero-order valence-corrected chi connectivity index (χ0v) is 13.6. The van der Waals surface area contributed by atoms with Crippen LogP contribution in [0.15, 0.2) is 53.1 Å². The topological polar surface area (TPSA) is 52.3 Å². The van der Waals surface area contributed by atoms with E-state index < -0.39 is 5.97 Å². The van der Waals surface area contributed by atoms with Crippen LogP contribution in [0.25, 0.3) is 11.3 Å². The summed E-state index contributed by atoms with van der Waals surface area (Å²) in [6, 6.07) is 11.9. The van der Waals surface area contributed by atoms with Gasteiger partial charge in [0, 0.05) is 16.7 Å². The zero-order chi connectivity index (χ0) is 17.1. The molecule has 0 radical (unpaired) electrons. The Morgan fingerprint density at radius 2 is 1.88 bits per heavy atom. The normalized spacial score (nSPS) is 10.6. The first-order chi connectivity index (χ1) is 11.5. The monoisotopic (exact) mass is 365 g/mol. The standard InChI is InChI=1S/C17H10Cl2FNO3/c18-11-3-6-14(15(19)7-11)17(22)23-9-13-8-16(24-21-13)10-1-4-12(20)5-2-10/h1-8H,9H2. The van der Waals surface area contributed by atoms with Gasteiger partial charge < -0.3 is 9.26 Å². The second-order valence-corrected chi connectivity index (χ2v) is 5.73. The van der Waals surface area contributed by atoms with Gasteiger partial charge in [-0.05, 0) is 42.5 Å². The van der Waals surface area contributed by atoms with Crippen LogP contribution in [0.4, 0.5) is 4.39 Å². The van der Waals surface area contributed by atoms with E-state index in [1.807, 2.05) is 0 Å². The summed E-state index contributed by atoms with van der Waals surface area (Å²) in [6.45, 7) is -0.0809. The number of aromatic nitrogens is 1. The molecule has 0 aliphatic carbocycles. The van der Waals surface area contributed by atoms with Crippen LogP contribution in [0.2, 0.25) is 10.0 Å². The molecule has 4 nitrogen and oxygen atoms in total. The van der Waals surface area contributed by atoms with Crippen molar-refractivity contribution in [1.29, 1.82) is 0 Å². The molecule has 0 atom stereocenters. The highest BCUT2D eigenvalue weighted by atomic mass is 35.5. The molecule has 3 aromatic rings. The molecule has 0 aliphatic rings. The van der Waals surface area contributed by atoms with Crippen LogP contribution in [0.1, 0.15) is 16.1 Å². The van der Waals surface area contributed by atoms with Gasteiger partial charge in [0.05, 0.1) is 10.6 Å². The maximum atomic E-state index is 12.9. The third-order valence-corrected chi connectivity index (χ3v) is 3.74. The number of rotatable bonds is 4. The first-order valence-electron chi connectivity index (χ1n) is 6.86. The first-order valence-corrected chi connectivity index (χ1v) is 7.62. The predicted octanol–water partition coefficient (Wildman–Crippen LogP) is 5.14. The van der Waals surface area contributed by atoms with Crippen molar-refractivity contribution in [1.82, 2.24) is 5.16 Å². The number of carbonyl (C=O) groups excluding carboxylic acids is 1. The number of ether oxygens (including phenoxy) is 1. The van der Waals surface area contributed by atoms with Crippen molar-refractivity contribution < 1.29 is 18.4 Å². The minimum absolute atomic E-state index is 0.0809. The van der Waals surface area contributed by atoms with Crippen LogP contribution in [0.3, 0.4) is 0 Å². The van der Waals surface area contributed by atoms with E-state index in [0.29, 0.717) is 22.0 Å². The second-order valence-electron chi connectivity index (χ2n) is 4.89. The molecule has 3 rings (SSSR count). The van der Waals surface area contributed by atoms with Crippen molar-refractivity contribution in [3.05, 3.63) is 75.7 Å². The molecule has 0 fully saturated rings. The van der Waals surface area contributed by atoms with E-state index in [2.05, 4.69) is 5.16 Å². The lowest BCUT2D eigenvalue weighted by Gasteiger charge is -2.04. The van der Waals surface area contributed by atoms with Gasteiger partial charge in [-0.15, -0.1) is 0 Å². The zero-order valence-electron chi connectivity index (χ0n) is 12.1. The first kappa shape index (κ1) is 16.5. The van der Waals surface area contributed by atoms with E-state index in [1.54, 1.807) is 24.3 Å². The van der Waals surface area contributed by atoms with Crippen molar-refractivity contribution in [2.75, 3.05) is 0 Å². The number of hydrogen-bond acceptors (Lipinski definition) is 4. The van der Waals surface area contributed by atoms with Gasteiger partial charge in [0.2, 0.25) is 0 Å². The van der Waals surface area contributed by atoms with Gasteiger partial charge in [-0.2, -0.15) is 0 Å². The Bertz CT molecular complexity index is 878. The highest BCUT2D eigenvalue weighted by Crippen LogP contribution is 2.23. The Morgan fingerprint density at radius 3 is 2.58 bits per heavy atom. The smallest absolute Gasteiger partial charge is 0.340 e. The van der Waals surface area contributed by atoms with Crippen LogP contribution >= 0.6 is 23.2 Å². The van der Waals surface area contributed by atoms with E-state index in [9.17, 15) is 9.18 Å². The lowest BCUT2D eigenvalue weighted by Crippen LogP contribution is -2.06. The molecule has 122 valence electrons. The van der Waals surface area contributed by atoms with Crippen molar-refractivity contribution in [3.8, 4) is 11.3 Å². The molecule has 7 heteroatoms. The lowest BCUT2D eigenvalue weighted by molar-refractivity contribution is 0.0464. The van der Waals surface area contributed by atoms with Gasteiger partial charge in [-0.1, -0.05) is 28.4 Å². The van der Waals surface area contributed by atoms with Gasteiger partial charge in [-0.3, -0.25) is 0 Å². The molecule has 0 N–H and O–H groups in total. The maximum absolute atomic E-state index is 12.9. The molecular formula is C17H10Cl2FNO3.